The van der Waals surface area contributed by atoms with Crippen LogP contribution in [-0.2, 0) is 4.74 Å². The predicted octanol–water partition coefficient (Wildman–Crippen LogP) is 3.75. The summed E-state index contributed by atoms with van der Waals surface area (Å²) in [6, 6.07) is 4.90. The van der Waals surface area contributed by atoms with E-state index in [1.165, 1.54) is 12.0 Å². The number of benzene rings is 1. The average molecular weight is 501 g/mol. The zero-order valence-electron chi connectivity index (χ0n) is 19.8. The molecule has 2 aromatic heterocycles. The van der Waals surface area contributed by atoms with Crippen LogP contribution in [0, 0.1) is 0 Å². The summed E-state index contributed by atoms with van der Waals surface area (Å²) in [7, 11) is 1.53. The molecular formula is C23H25ClN6O5. The lowest BCUT2D eigenvalue weighted by Crippen LogP contribution is -2.41. The smallest absolute Gasteiger partial charge is 0.415 e. The number of carbonyl (C=O) groups excluding carboxylic acids is 2. The minimum absolute atomic E-state index is 0.236. The van der Waals surface area contributed by atoms with Crippen LogP contribution in [0.15, 0.2) is 24.4 Å². The lowest BCUT2D eigenvalue weighted by atomic mass is 10.2. The third kappa shape index (κ3) is 4.16. The number of nitrogens with one attached hydrogen (secondary N) is 1. The molecule has 3 amide bonds. The van der Waals surface area contributed by atoms with E-state index in [2.05, 4.69) is 10.3 Å². The van der Waals surface area contributed by atoms with Gasteiger partial charge in [-0.3, -0.25) is 9.80 Å². The minimum atomic E-state index is -0.640. The predicted molar refractivity (Wildman–Crippen MR) is 130 cm³/mol. The first kappa shape index (κ1) is 23.0. The topological polar surface area (TPSA) is 111 Å². The zero-order valence-corrected chi connectivity index (χ0v) is 20.5. The van der Waals surface area contributed by atoms with Crippen LogP contribution in [0.25, 0.3) is 16.6 Å². The van der Waals surface area contributed by atoms with E-state index in [0.717, 1.165) is 0 Å². The minimum Gasteiger partial charge on any atom is -0.494 e. The maximum absolute atomic E-state index is 12.8. The van der Waals surface area contributed by atoms with Crippen LogP contribution in [0.3, 0.4) is 0 Å². The summed E-state index contributed by atoms with van der Waals surface area (Å²) in [4.78, 5) is 32.5. The first-order valence-electron chi connectivity index (χ1n) is 11.1. The highest BCUT2D eigenvalue weighted by molar-refractivity contribution is 6.30. The van der Waals surface area contributed by atoms with Gasteiger partial charge in [0.1, 0.15) is 34.5 Å². The molecule has 1 fully saturated rings. The van der Waals surface area contributed by atoms with Crippen molar-refractivity contribution < 1.29 is 23.8 Å². The van der Waals surface area contributed by atoms with Crippen molar-refractivity contribution >= 4 is 46.1 Å². The molecule has 3 aromatic rings. The number of pyridine rings is 1. The molecule has 1 N–H and O–H groups in total. The summed E-state index contributed by atoms with van der Waals surface area (Å²) in [6.45, 7) is 7.08. The molecule has 5 rings (SSSR count). The Kier molecular flexibility index (Phi) is 5.59. The van der Waals surface area contributed by atoms with E-state index in [-0.39, 0.29) is 11.2 Å². The summed E-state index contributed by atoms with van der Waals surface area (Å²) < 4.78 is 18.8. The van der Waals surface area contributed by atoms with Crippen LogP contribution in [0.1, 0.15) is 20.8 Å². The molecule has 0 unspecified atom stereocenters. The van der Waals surface area contributed by atoms with Crippen molar-refractivity contribution in [1.29, 1.82) is 0 Å². The van der Waals surface area contributed by atoms with E-state index in [0.29, 0.717) is 65.8 Å². The number of fused-ring (bicyclic) bond motifs is 2. The van der Waals surface area contributed by atoms with Crippen molar-refractivity contribution in [3.63, 3.8) is 0 Å². The van der Waals surface area contributed by atoms with Crippen LogP contribution in [0.4, 0.5) is 21.1 Å². The molecular weight excluding hydrogens is 476 g/mol. The number of hydrogen-bond acceptors (Lipinski definition) is 7. The highest BCUT2D eigenvalue weighted by Crippen LogP contribution is 2.41. The van der Waals surface area contributed by atoms with Gasteiger partial charge in [0.05, 0.1) is 30.2 Å². The SMILES string of the molecule is COc1cc2c(cc1-n1nc(N3CCNC3=O)c3cnc(Cl)cc31)OCCN2C(=O)OC(C)(C)C. The van der Waals surface area contributed by atoms with Gasteiger partial charge in [0, 0.05) is 37.5 Å². The number of nitrogens with zero attached hydrogens (tertiary/aromatic N) is 5. The van der Waals surface area contributed by atoms with E-state index >= 15 is 0 Å². The largest absolute Gasteiger partial charge is 0.494 e. The third-order valence-corrected chi connectivity index (χ3v) is 5.80. The van der Waals surface area contributed by atoms with Crippen molar-refractivity contribution in [2.45, 2.75) is 26.4 Å². The number of halogens is 1. The molecule has 1 aromatic carbocycles. The number of carbonyl (C=O) groups is 2. The molecule has 0 aliphatic carbocycles. The fourth-order valence-electron chi connectivity index (χ4n) is 4.09. The summed E-state index contributed by atoms with van der Waals surface area (Å²) >= 11 is 6.21. The first-order chi connectivity index (χ1) is 16.7. The number of amides is 3. The second-order valence-electron chi connectivity index (χ2n) is 9.12. The van der Waals surface area contributed by atoms with E-state index in [1.807, 2.05) is 20.8 Å². The quantitative estimate of drug-likeness (QED) is 0.545. The Balaban J connectivity index is 1.65. The van der Waals surface area contributed by atoms with Gasteiger partial charge in [-0.1, -0.05) is 11.6 Å². The monoisotopic (exact) mass is 500 g/mol. The maximum Gasteiger partial charge on any atom is 0.415 e. The number of methoxy groups -OCH3 is 1. The third-order valence-electron chi connectivity index (χ3n) is 5.59. The van der Waals surface area contributed by atoms with Crippen molar-refractivity contribution in [1.82, 2.24) is 20.1 Å². The molecule has 12 heteroatoms. The molecule has 184 valence electrons. The lowest BCUT2D eigenvalue weighted by Gasteiger charge is -2.32. The molecule has 11 nitrogen and oxygen atoms in total. The number of urea groups is 1. The Morgan fingerprint density at radius 3 is 2.69 bits per heavy atom. The van der Waals surface area contributed by atoms with Crippen LogP contribution in [0.2, 0.25) is 5.15 Å². The Morgan fingerprint density at radius 2 is 2.00 bits per heavy atom. The van der Waals surface area contributed by atoms with Crippen LogP contribution < -0.4 is 24.6 Å². The van der Waals surface area contributed by atoms with Crippen molar-refractivity contribution in [3.05, 3.63) is 29.5 Å². The molecule has 0 saturated carbocycles. The summed E-state index contributed by atoms with van der Waals surface area (Å²) in [5.74, 6) is 1.37. The highest BCUT2D eigenvalue weighted by atomic mass is 35.5. The molecule has 4 heterocycles. The van der Waals surface area contributed by atoms with E-state index in [4.69, 9.17) is 30.9 Å². The van der Waals surface area contributed by atoms with Gasteiger partial charge in [-0.2, -0.15) is 0 Å². The molecule has 0 radical (unpaired) electrons. The molecule has 35 heavy (non-hydrogen) atoms. The maximum atomic E-state index is 12.8. The number of aromatic nitrogens is 3. The van der Waals surface area contributed by atoms with E-state index in [9.17, 15) is 9.59 Å². The second-order valence-corrected chi connectivity index (χ2v) is 9.50. The fraction of sp³-hybridized carbons (Fsp3) is 0.391. The number of rotatable bonds is 3. The van der Waals surface area contributed by atoms with Crippen LogP contribution in [-0.4, -0.2) is 65.8 Å². The van der Waals surface area contributed by atoms with E-state index < -0.39 is 11.7 Å². The van der Waals surface area contributed by atoms with Gasteiger partial charge in [-0.05, 0) is 20.8 Å². The van der Waals surface area contributed by atoms with E-state index in [1.54, 1.807) is 34.0 Å². The van der Waals surface area contributed by atoms with Gasteiger partial charge in [0.2, 0.25) is 0 Å². The fourth-order valence-corrected chi connectivity index (χ4v) is 4.25. The van der Waals surface area contributed by atoms with Gasteiger partial charge in [0.15, 0.2) is 5.82 Å². The summed E-state index contributed by atoms with van der Waals surface area (Å²) in [5.41, 5.74) is 1.08. The Bertz CT molecular complexity index is 1330. The summed E-state index contributed by atoms with van der Waals surface area (Å²) in [6.07, 6.45) is 1.12. The molecule has 2 aliphatic rings. The second kappa shape index (κ2) is 8.49. The van der Waals surface area contributed by atoms with Crippen LogP contribution >= 0.6 is 11.6 Å². The zero-order chi connectivity index (χ0) is 24.9. The highest BCUT2D eigenvalue weighted by Gasteiger charge is 2.32. The normalized spacial score (nSPS) is 15.6. The number of hydrogen-bond donors (Lipinski definition) is 1. The van der Waals surface area contributed by atoms with Gasteiger partial charge in [0.25, 0.3) is 0 Å². The van der Waals surface area contributed by atoms with Crippen molar-refractivity contribution in [3.8, 4) is 17.2 Å². The number of anilines is 2. The first-order valence-corrected chi connectivity index (χ1v) is 11.5. The molecule has 1 saturated heterocycles. The van der Waals surface area contributed by atoms with Crippen LogP contribution in [0.5, 0.6) is 11.5 Å². The van der Waals surface area contributed by atoms with Crippen molar-refractivity contribution in [2.75, 3.05) is 43.2 Å². The number of ether oxygens (including phenoxy) is 3. The lowest BCUT2D eigenvalue weighted by molar-refractivity contribution is 0.0567. The average Bonchev–Trinajstić information content (AvgIpc) is 3.39. The Hall–Kier alpha value is -3.73. The van der Waals surface area contributed by atoms with Crippen molar-refractivity contribution in [2.24, 2.45) is 0 Å². The Labute approximate surface area is 206 Å². The molecule has 0 spiro atoms. The molecule has 0 bridgehead atoms. The van der Waals surface area contributed by atoms with Gasteiger partial charge in [-0.15, -0.1) is 5.10 Å². The standard InChI is InChI=1S/C23H25ClN6O5/c1-23(2,3)35-22(32)28-7-8-34-18-10-16(17(33-4)9-15(18)28)30-14-11-19(24)26-12-13(14)20(27-30)29-6-5-25-21(29)31/h9-12H,5-8H2,1-4H3,(H,25,31). The molecule has 0 atom stereocenters. The summed E-state index contributed by atoms with van der Waals surface area (Å²) in [5, 5.41) is 8.45. The van der Waals surface area contributed by atoms with Gasteiger partial charge in [-0.25, -0.2) is 19.3 Å². The van der Waals surface area contributed by atoms with Gasteiger partial charge < -0.3 is 19.5 Å². The Morgan fingerprint density at radius 1 is 1.20 bits per heavy atom. The molecule has 2 aliphatic heterocycles. The van der Waals surface area contributed by atoms with Gasteiger partial charge >= 0.3 is 12.1 Å².